The van der Waals surface area contributed by atoms with Crippen molar-refractivity contribution < 1.29 is 0 Å². The summed E-state index contributed by atoms with van der Waals surface area (Å²) < 4.78 is 0. The summed E-state index contributed by atoms with van der Waals surface area (Å²) in [6, 6.07) is 0. The second-order valence-corrected chi connectivity index (χ2v) is 4.41. The Morgan fingerprint density at radius 2 is 1.77 bits per heavy atom. The molecule has 1 N–H and O–H groups in total. The van der Waals surface area contributed by atoms with E-state index in [1.165, 1.54) is 19.6 Å². The fourth-order valence-electron chi connectivity index (χ4n) is 1.70. The lowest BCUT2D eigenvalue weighted by Crippen LogP contribution is -2.34. The summed E-state index contributed by atoms with van der Waals surface area (Å²) in [7, 11) is 2.02. The van der Waals surface area contributed by atoms with Crippen LogP contribution in [0, 0.1) is 11.8 Å². The Balaban J connectivity index is 3.69. The van der Waals surface area contributed by atoms with Gasteiger partial charge in [0.2, 0.25) is 0 Å². The van der Waals surface area contributed by atoms with E-state index in [9.17, 15) is 0 Å². The second kappa shape index (κ2) is 7.34. The van der Waals surface area contributed by atoms with E-state index in [-0.39, 0.29) is 0 Å². The largest absolute Gasteiger partial charge is 0.319 e. The fourth-order valence-corrected chi connectivity index (χ4v) is 1.70. The Morgan fingerprint density at radius 1 is 1.15 bits per heavy atom. The van der Waals surface area contributed by atoms with Crippen LogP contribution in [0.3, 0.4) is 0 Å². The molecule has 1 unspecified atom stereocenters. The lowest BCUT2D eigenvalue weighted by Gasteiger charge is -2.25. The maximum absolute atomic E-state index is 3.22. The van der Waals surface area contributed by atoms with Crippen molar-refractivity contribution in [2.45, 2.75) is 27.7 Å². The summed E-state index contributed by atoms with van der Waals surface area (Å²) in [6.45, 7) is 13.9. The van der Waals surface area contributed by atoms with Gasteiger partial charge >= 0.3 is 0 Å². The normalized spacial score (nSPS) is 14.1. The van der Waals surface area contributed by atoms with E-state index in [0.717, 1.165) is 18.4 Å². The monoisotopic (exact) mass is 186 g/mol. The molecule has 0 aromatic heterocycles. The van der Waals surface area contributed by atoms with Crippen LogP contribution in [-0.4, -0.2) is 38.1 Å². The maximum Gasteiger partial charge on any atom is 0.00191 e. The van der Waals surface area contributed by atoms with Gasteiger partial charge in [0.1, 0.15) is 0 Å². The van der Waals surface area contributed by atoms with Crippen molar-refractivity contribution in [2.75, 3.05) is 33.2 Å². The molecule has 13 heavy (non-hydrogen) atoms. The summed E-state index contributed by atoms with van der Waals surface area (Å²) in [5.41, 5.74) is 0. The van der Waals surface area contributed by atoms with Gasteiger partial charge in [0, 0.05) is 13.1 Å². The van der Waals surface area contributed by atoms with Crippen LogP contribution in [0.25, 0.3) is 0 Å². The highest BCUT2D eigenvalue weighted by molar-refractivity contribution is 4.64. The first kappa shape index (κ1) is 12.9. The number of hydrogen-bond acceptors (Lipinski definition) is 2. The zero-order valence-corrected chi connectivity index (χ0v) is 9.93. The molecule has 0 aromatic carbocycles. The summed E-state index contributed by atoms with van der Waals surface area (Å²) in [4.78, 5) is 2.53. The van der Waals surface area contributed by atoms with Crippen LogP contribution in [0.15, 0.2) is 0 Å². The molecule has 0 saturated heterocycles. The molecule has 80 valence electrons. The van der Waals surface area contributed by atoms with Gasteiger partial charge in [-0.15, -0.1) is 0 Å². The predicted octanol–water partition coefficient (Wildman–Crippen LogP) is 1.82. The highest BCUT2D eigenvalue weighted by Crippen LogP contribution is 2.02. The molecule has 0 amide bonds. The first-order chi connectivity index (χ1) is 6.10. The first-order valence-electron chi connectivity index (χ1n) is 5.47. The van der Waals surface area contributed by atoms with Gasteiger partial charge in [-0.05, 0) is 32.0 Å². The van der Waals surface area contributed by atoms with Gasteiger partial charge < -0.3 is 10.2 Å². The fraction of sp³-hybridized carbons (Fsp3) is 1.00. The second-order valence-electron chi connectivity index (χ2n) is 4.41. The van der Waals surface area contributed by atoms with Gasteiger partial charge in [-0.2, -0.15) is 0 Å². The maximum atomic E-state index is 3.22. The van der Waals surface area contributed by atoms with Crippen LogP contribution in [0.1, 0.15) is 27.7 Å². The zero-order valence-electron chi connectivity index (χ0n) is 9.93. The summed E-state index contributed by atoms with van der Waals surface area (Å²) in [5.74, 6) is 1.53. The van der Waals surface area contributed by atoms with Crippen molar-refractivity contribution in [2.24, 2.45) is 11.8 Å². The van der Waals surface area contributed by atoms with E-state index in [1.807, 2.05) is 7.05 Å². The average Bonchev–Trinajstić information content (AvgIpc) is 2.02. The van der Waals surface area contributed by atoms with Crippen LogP contribution in [0.4, 0.5) is 0 Å². The molecule has 0 aliphatic rings. The van der Waals surface area contributed by atoms with Gasteiger partial charge in [0.05, 0.1) is 0 Å². The van der Waals surface area contributed by atoms with Crippen LogP contribution in [0.2, 0.25) is 0 Å². The Hall–Kier alpha value is -0.0800. The van der Waals surface area contributed by atoms with Crippen LogP contribution in [0.5, 0.6) is 0 Å². The van der Waals surface area contributed by atoms with E-state index in [0.29, 0.717) is 0 Å². The quantitative estimate of drug-likeness (QED) is 0.652. The van der Waals surface area contributed by atoms with E-state index < -0.39 is 0 Å². The molecule has 0 heterocycles. The number of rotatable bonds is 7. The third-order valence-corrected chi connectivity index (χ3v) is 2.19. The number of nitrogens with one attached hydrogen (secondary N) is 1. The minimum Gasteiger partial charge on any atom is -0.319 e. The Labute approximate surface area is 83.7 Å². The Morgan fingerprint density at radius 3 is 2.15 bits per heavy atom. The highest BCUT2D eigenvalue weighted by Gasteiger charge is 2.08. The van der Waals surface area contributed by atoms with Gasteiger partial charge in [-0.25, -0.2) is 0 Å². The molecule has 0 aliphatic heterocycles. The van der Waals surface area contributed by atoms with Crippen LogP contribution in [-0.2, 0) is 0 Å². The lowest BCUT2D eigenvalue weighted by atomic mass is 10.1. The molecule has 0 rings (SSSR count). The molecular formula is C11H26N2. The summed E-state index contributed by atoms with van der Waals surface area (Å²) in [6.07, 6.45) is 0. The molecular weight excluding hydrogens is 160 g/mol. The van der Waals surface area contributed by atoms with E-state index in [2.05, 4.69) is 37.9 Å². The topological polar surface area (TPSA) is 15.3 Å². The molecule has 0 spiro atoms. The van der Waals surface area contributed by atoms with Gasteiger partial charge in [0.25, 0.3) is 0 Å². The molecule has 0 bridgehead atoms. The van der Waals surface area contributed by atoms with Gasteiger partial charge in [-0.1, -0.05) is 27.7 Å². The van der Waals surface area contributed by atoms with Crippen molar-refractivity contribution in [3.05, 3.63) is 0 Å². The molecule has 0 fully saturated rings. The van der Waals surface area contributed by atoms with E-state index in [1.54, 1.807) is 0 Å². The summed E-state index contributed by atoms with van der Waals surface area (Å²) in [5, 5.41) is 3.22. The molecule has 1 atom stereocenters. The first-order valence-corrected chi connectivity index (χ1v) is 5.47. The van der Waals surface area contributed by atoms with Crippen molar-refractivity contribution in [1.29, 1.82) is 0 Å². The minimum absolute atomic E-state index is 0.753. The SMILES string of the molecule is CCN(CC(C)C)CC(C)CNC. The smallest absolute Gasteiger partial charge is 0.00191 e. The molecule has 0 aliphatic carbocycles. The predicted molar refractivity (Wildman–Crippen MR) is 60.0 cm³/mol. The highest BCUT2D eigenvalue weighted by atomic mass is 15.1. The van der Waals surface area contributed by atoms with Crippen molar-refractivity contribution in [3.63, 3.8) is 0 Å². The number of nitrogens with zero attached hydrogens (tertiary/aromatic N) is 1. The molecule has 0 aromatic rings. The minimum atomic E-state index is 0.753. The van der Waals surface area contributed by atoms with Crippen molar-refractivity contribution >= 4 is 0 Å². The lowest BCUT2D eigenvalue weighted by molar-refractivity contribution is 0.223. The Kier molecular flexibility index (Phi) is 7.29. The summed E-state index contributed by atoms with van der Waals surface area (Å²) >= 11 is 0. The standard InChI is InChI=1S/C11H26N2/c1-6-13(8-10(2)3)9-11(4)7-12-5/h10-12H,6-9H2,1-5H3. The number of hydrogen-bond donors (Lipinski definition) is 1. The molecule has 2 nitrogen and oxygen atoms in total. The van der Waals surface area contributed by atoms with Crippen LogP contribution < -0.4 is 5.32 Å². The van der Waals surface area contributed by atoms with Gasteiger partial charge in [0.15, 0.2) is 0 Å². The van der Waals surface area contributed by atoms with E-state index >= 15 is 0 Å². The average molecular weight is 186 g/mol. The van der Waals surface area contributed by atoms with Gasteiger partial charge in [-0.3, -0.25) is 0 Å². The molecule has 0 radical (unpaired) electrons. The zero-order chi connectivity index (χ0) is 10.3. The van der Waals surface area contributed by atoms with Crippen LogP contribution >= 0.6 is 0 Å². The third-order valence-electron chi connectivity index (χ3n) is 2.19. The third kappa shape index (κ3) is 7.03. The van der Waals surface area contributed by atoms with Crippen molar-refractivity contribution in [3.8, 4) is 0 Å². The Bertz CT molecular complexity index is 113. The molecule has 0 saturated carbocycles. The van der Waals surface area contributed by atoms with E-state index in [4.69, 9.17) is 0 Å². The molecule has 2 heteroatoms. The van der Waals surface area contributed by atoms with Crippen molar-refractivity contribution in [1.82, 2.24) is 10.2 Å².